The second-order valence-corrected chi connectivity index (χ2v) is 6.34. The van der Waals surface area contributed by atoms with E-state index in [1.165, 1.54) is 37.7 Å². The summed E-state index contributed by atoms with van der Waals surface area (Å²) in [4.78, 5) is 0. The predicted molar refractivity (Wildman–Crippen MR) is 85.4 cm³/mol. The Bertz CT molecular complexity index is 385. The zero-order valence-corrected chi connectivity index (χ0v) is 13.2. The fraction of sp³-hybridized carbons (Fsp3) is 0.667. The van der Waals surface area contributed by atoms with Crippen LogP contribution in [0.15, 0.2) is 24.3 Å². The van der Waals surface area contributed by atoms with E-state index in [4.69, 9.17) is 4.74 Å². The van der Waals surface area contributed by atoms with Crippen LogP contribution in [0.4, 0.5) is 0 Å². The molecule has 2 rings (SSSR count). The summed E-state index contributed by atoms with van der Waals surface area (Å²) in [5, 5.41) is 3.64. The van der Waals surface area contributed by atoms with Crippen LogP contribution in [0.5, 0.6) is 5.75 Å². The minimum atomic E-state index is 0.578. The topological polar surface area (TPSA) is 21.3 Å². The summed E-state index contributed by atoms with van der Waals surface area (Å²) in [6.45, 7) is 5.62. The van der Waals surface area contributed by atoms with Crippen LogP contribution in [0.3, 0.4) is 0 Å². The normalized spacial score (nSPS) is 23.6. The third-order valence-corrected chi connectivity index (χ3v) is 4.49. The quantitative estimate of drug-likeness (QED) is 0.806. The van der Waals surface area contributed by atoms with Crippen molar-refractivity contribution in [3.05, 3.63) is 29.8 Å². The molecule has 1 aliphatic carbocycles. The van der Waals surface area contributed by atoms with Crippen LogP contribution in [-0.2, 0) is 0 Å². The molecule has 0 heterocycles. The SMILES string of the molecule is COc1ccc(C2CCCCCC2CNC(C)C)cc1. The van der Waals surface area contributed by atoms with Gasteiger partial charge in [0.15, 0.2) is 0 Å². The van der Waals surface area contributed by atoms with E-state index >= 15 is 0 Å². The standard InChI is InChI=1S/C18H29NO/c1-14(2)19-13-16-7-5-4-6-8-18(16)15-9-11-17(20-3)12-10-15/h9-12,14,16,18-19H,4-8,13H2,1-3H3. The molecule has 2 nitrogen and oxygen atoms in total. The van der Waals surface area contributed by atoms with Gasteiger partial charge in [-0.15, -0.1) is 0 Å². The van der Waals surface area contributed by atoms with Gasteiger partial charge in [0.1, 0.15) is 5.75 Å². The van der Waals surface area contributed by atoms with Crippen molar-refractivity contribution < 1.29 is 4.74 Å². The molecule has 1 aromatic rings. The van der Waals surface area contributed by atoms with Gasteiger partial charge in [-0.05, 0) is 48.9 Å². The molecular formula is C18H29NO. The van der Waals surface area contributed by atoms with Gasteiger partial charge < -0.3 is 10.1 Å². The number of hydrogen-bond donors (Lipinski definition) is 1. The molecule has 112 valence electrons. The van der Waals surface area contributed by atoms with Crippen molar-refractivity contribution in [2.75, 3.05) is 13.7 Å². The molecule has 20 heavy (non-hydrogen) atoms. The number of rotatable bonds is 5. The van der Waals surface area contributed by atoms with Crippen molar-refractivity contribution >= 4 is 0 Å². The molecule has 1 fully saturated rings. The Labute approximate surface area is 123 Å². The minimum Gasteiger partial charge on any atom is -0.497 e. The van der Waals surface area contributed by atoms with E-state index in [1.807, 2.05) is 0 Å². The van der Waals surface area contributed by atoms with Gasteiger partial charge in [0.2, 0.25) is 0 Å². The first kappa shape index (κ1) is 15.4. The van der Waals surface area contributed by atoms with Gasteiger partial charge in [0.25, 0.3) is 0 Å². The second-order valence-electron chi connectivity index (χ2n) is 6.34. The first-order chi connectivity index (χ1) is 9.70. The third kappa shape index (κ3) is 4.24. The lowest BCUT2D eigenvalue weighted by molar-refractivity contribution is 0.362. The monoisotopic (exact) mass is 275 g/mol. The summed E-state index contributed by atoms with van der Waals surface area (Å²) in [6, 6.07) is 9.31. The summed E-state index contributed by atoms with van der Waals surface area (Å²) in [5.74, 6) is 2.43. The van der Waals surface area contributed by atoms with E-state index < -0.39 is 0 Å². The highest BCUT2D eigenvalue weighted by Crippen LogP contribution is 2.36. The largest absolute Gasteiger partial charge is 0.497 e. The summed E-state index contributed by atoms with van der Waals surface area (Å²) in [5.41, 5.74) is 1.49. The Balaban J connectivity index is 2.09. The number of methoxy groups -OCH3 is 1. The van der Waals surface area contributed by atoms with Crippen LogP contribution in [-0.4, -0.2) is 19.7 Å². The summed E-state index contributed by atoms with van der Waals surface area (Å²) >= 11 is 0. The number of ether oxygens (including phenoxy) is 1. The van der Waals surface area contributed by atoms with Crippen molar-refractivity contribution in [2.45, 2.75) is 57.9 Å². The molecule has 1 aromatic carbocycles. The van der Waals surface area contributed by atoms with Crippen molar-refractivity contribution in [3.8, 4) is 5.75 Å². The lowest BCUT2D eigenvalue weighted by Gasteiger charge is -2.27. The maximum Gasteiger partial charge on any atom is 0.118 e. The molecule has 0 amide bonds. The Morgan fingerprint density at radius 3 is 2.45 bits per heavy atom. The molecule has 1 saturated carbocycles. The molecule has 2 heteroatoms. The van der Waals surface area contributed by atoms with Crippen LogP contribution in [0.2, 0.25) is 0 Å². The van der Waals surface area contributed by atoms with E-state index in [0.717, 1.165) is 18.2 Å². The zero-order chi connectivity index (χ0) is 14.4. The fourth-order valence-corrected chi connectivity index (χ4v) is 3.31. The number of nitrogens with one attached hydrogen (secondary N) is 1. The highest BCUT2D eigenvalue weighted by atomic mass is 16.5. The van der Waals surface area contributed by atoms with Crippen molar-refractivity contribution in [1.29, 1.82) is 0 Å². The molecule has 0 bridgehead atoms. The summed E-state index contributed by atoms with van der Waals surface area (Å²) in [7, 11) is 1.73. The minimum absolute atomic E-state index is 0.578. The Hall–Kier alpha value is -1.02. The van der Waals surface area contributed by atoms with Crippen LogP contribution in [0.25, 0.3) is 0 Å². The first-order valence-corrected chi connectivity index (χ1v) is 8.08. The predicted octanol–water partition coefficient (Wildman–Crippen LogP) is 4.36. The maximum atomic E-state index is 5.27. The van der Waals surface area contributed by atoms with Crippen molar-refractivity contribution in [2.24, 2.45) is 5.92 Å². The average molecular weight is 275 g/mol. The molecular weight excluding hydrogens is 246 g/mol. The molecule has 0 radical (unpaired) electrons. The van der Waals surface area contributed by atoms with Crippen LogP contribution < -0.4 is 10.1 Å². The van der Waals surface area contributed by atoms with E-state index in [-0.39, 0.29) is 0 Å². The van der Waals surface area contributed by atoms with E-state index in [0.29, 0.717) is 12.0 Å². The highest BCUT2D eigenvalue weighted by molar-refractivity contribution is 5.30. The molecule has 0 aromatic heterocycles. The van der Waals surface area contributed by atoms with Gasteiger partial charge >= 0.3 is 0 Å². The number of benzene rings is 1. The molecule has 0 aliphatic heterocycles. The fourth-order valence-electron chi connectivity index (χ4n) is 3.31. The van der Waals surface area contributed by atoms with Gasteiger partial charge in [-0.1, -0.05) is 45.2 Å². The second kappa shape index (κ2) is 7.68. The van der Waals surface area contributed by atoms with Crippen molar-refractivity contribution in [1.82, 2.24) is 5.32 Å². The van der Waals surface area contributed by atoms with Crippen LogP contribution >= 0.6 is 0 Å². The Morgan fingerprint density at radius 1 is 1.10 bits per heavy atom. The van der Waals surface area contributed by atoms with Crippen LogP contribution in [0.1, 0.15) is 57.4 Å². The molecule has 1 N–H and O–H groups in total. The summed E-state index contributed by atoms with van der Waals surface area (Å²) in [6.07, 6.45) is 6.84. The van der Waals surface area contributed by atoms with Crippen molar-refractivity contribution in [3.63, 3.8) is 0 Å². The van der Waals surface area contributed by atoms with Gasteiger partial charge in [0.05, 0.1) is 7.11 Å². The zero-order valence-electron chi connectivity index (χ0n) is 13.2. The molecule has 2 atom stereocenters. The maximum absolute atomic E-state index is 5.27. The average Bonchev–Trinajstić information content (AvgIpc) is 2.70. The third-order valence-electron chi connectivity index (χ3n) is 4.49. The van der Waals surface area contributed by atoms with E-state index in [1.54, 1.807) is 7.11 Å². The lowest BCUT2D eigenvalue weighted by atomic mass is 9.82. The highest BCUT2D eigenvalue weighted by Gasteiger charge is 2.25. The lowest BCUT2D eigenvalue weighted by Crippen LogP contribution is -2.31. The first-order valence-electron chi connectivity index (χ1n) is 8.08. The van der Waals surface area contributed by atoms with E-state index in [9.17, 15) is 0 Å². The van der Waals surface area contributed by atoms with Gasteiger partial charge in [-0.2, -0.15) is 0 Å². The summed E-state index contributed by atoms with van der Waals surface area (Å²) < 4.78 is 5.27. The van der Waals surface area contributed by atoms with Gasteiger partial charge in [0, 0.05) is 6.04 Å². The molecule has 1 aliphatic rings. The van der Waals surface area contributed by atoms with Crippen LogP contribution in [0, 0.1) is 5.92 Å². The Morgan fingerprint density at radius 2 is 1.80 bits per heavy atom. The molecule has 0 spiro atoms. The van der Waals surface area contributed by atoms with Gasteiger partial charge in [-0.25, -0.2) is 0 Å². The smallest absolute Gasteiger partial charge is 0.118 e. The number of hydrogen-bond acceptors (Lipinski definition) is 2. The van der Waals surface area contributed by atoms with Gasteiger partial charge in [-0.3, -0.25) is 0 Å². The Kier molecular flexibility index (Phi) is 5.90. The molecule has 0 saturated heterocycles. The molecule has 2 unspecified atom stereocenters. The van der Waals surface area contributed by atoms with E-state index in [2.05, 4.69) is 43.4 Å².